The number of aryl methyl sites for hydroxylation is 4. The van der Waals surface area contributed by atoms with Gasteiger partial charge in [0.25, 0.3) is 0 Å². The van der Waals surface area contributed by atoms with Gasteiger partial charge >= 0.3 is 0 Å². The maximum Gasteiger partial charge on any atom is 0.203 e. The first-order chi connectivity index (χ1) is 8.69. The number of rotatable bonds is 6. The minimum atomic E-state index is 0.729. The molecule has 1 N–H and O–H groups in total. The van der Waals surface area contributed by atoms with Crippen LogP contribution in [0.15, 0.2) is 24.2 Å². The molecule has 0 aliphatic heterocycles. The Morgan fingerprint density at radius 3 is 2.89 bits per heavy atom. The van der Waals surface area contributed by atoms with Gasteiger partial charge in [-0.05, 0) is 13.8 Å². The summed E-state index contributed by atoms with van der Waals surface area (Å²) in [7, 11) is 0. The molecule has 0 fully saturated rings. The molecule has 0 spiro atoms. The number of thiazole rings is 1. The number of aromatic nitrogens is 3. The van der Waals surface area contributed by atoms with Gasteiger partial charge in [-0.2, -0.15) is 0 Å². The van der Waals surface area contributed by atoms with Crippen molar-refractivity contribution in [3.8, 4) is 0 Å². The maximum absolute atomic E-state index is 4.47. The van der Waals surface area contributed by atoms with Gasteiger partial charge in [-0.1, -0.05) is 6.08 Å². The minimum absolute atomic E-state index is 0.729. The molecule has 2 aromatic rings. The Balaban J connectivity index is 2.01. The van der Waals surface area contributed by atoms with Gasteiger partial charge in [0.1, 0.15) is 0 Å². The van der Waals surface area contributed by atoms with E-state index in [0.29, 0.717) is 0 Å². The number of nitrogens with one attached hydrogen (secondary N) is 1. The van der Waals surface area contributed by atoms with Gasteiger partial charge in [-0.15, -0.1) is 17.9 Å². The van der Waals surface area contributed by atoms with Gasteiger partial charge in [-0.3, -0.25) is 0 Å². The lowest BCUT2D eigenvalue weighted by molar-refractivity contribution is 0.697. The zero-order valence-corrected chi connectivity index (χ0v) is 11.6. The average Bonchev–Trinajstić information content (AvgIpc) is 2.90. The van der Waals surface area contributed by atoms with Crippen LogP contribution in [0, 0.1) is 13.8 Å². The van der Waals surface area contributed by atoms with Crippen molar-refractivity contribution in [2.24, 2.45) is 0 Å². The van der Waals surface area contributed by atoms with E-state index in [1.54, 1.807) is 11.3 Å². The number of hydrogen-bond acceptors (Lipinski definition) is 4. The van der Waals surface area contributed by atoms with Gasteiger partial charge < -0.3 is 9.88 Å². The van der Waals surface area contributed by atoms with Gasteiger partial charge in [0, 0.05) is 36.8 Å². The van der Waals surface area contributed by atoms with Crippen molar-refractivity contribution in [2.75, 3.05) is 11.9 Å². The Hall–Kier alpha value is -1.62. The maximum atomic E-state index is 4.47. The Bertz CT molecular complexity index is 527. The highest BCUT2D eigenvalue weighted by molar-refractivity contribution is 7.09. The molecule has 96 valence electrons. The quantitative estimate of drug-likeness (QED) is 0.814. The average molecular weight is 262 g/mol. The predicted molar refractivity (Wildman–Crippen MR) is 76.2 cm³/mol. The third kappa shape index (κ3) is 3.20. The largest absolute Gasteiger partial charge is 0.352 e. The molecule has 0 saturated heterocycles. The molecule has 2 aromatic heterocycles. The highest BCUT2D eigenvalue weighted by Gasteiger charge is 2.06. The molecule has 5 heteroatoms. The Morgan fingerprint density at radius 1 is 1.39 bits per heavy atom. The second kappa shape index (κ2) is 5.82. The molecule has 0 aliphatic rings. The van der Waals surface area contributed by atoms with E-state index in [0.717, 1.165) is 36.8 Å². The summed E-state index contributed by atoms with van der Waals surface area (Å²) in [4.78, 5) is 8.93. The van der Waals surface area contributed by atoms with Crippen molar-refractivity contribution in [3.63, 3.8) is 0 Å². The van der Waals surface area contributed by atoms with Crippen LogP contribution in [-0.2, 0) is 13.0 Å². The lowest BCUT2D eigenvalue weighted by Crippen LogP contribution is -2.08. The molecule has 18 heavy (non-hydrogen) atoms. The van der Waals surface area contributed by atoms with Crippen LogP contribution in [-0.4, -0.2) is 21.1 Å². The standard InChI is InChI=1S/C13H18N4S/c1-4-6-14-13-16-10(2)8-17(13)7-5-12-15-11(3)9-18-12/h4,8-9H,1,5-7H2,2-3H3,(H,14,16). The third-order valence-corrected chi connectivity index (χ3v) is 3.56. The molecular weight excluding hydrogens is 244 g/mol. The summed E-state index contributed by atoms with van der Waals surface area (Å²) in [5.41, 5.74) is 2.12. The lowest BCUT2D eigenvalue weighted by atomic mass is 10.4. The summed E-state index contributed by atoms with van der Waals surface area (Å²) < 4.78 is 2.13. The minimum Gasteiger partial charge on any atom is -0.352 e. The van der Waals surface area contributed by atoms with E-state index in [4.69, 9.17) is 0 Å². The molecule has 0 aliphatic carbocycles. The van der Waals surface area contributed by atoms with Crippen LogP contribution in [0.4, 0.5) is 5.95 Å². The van der Waals surface area contributed by atoms with Gasteiger partial charge in [0.15, 0.2) is 0 Å². The molecule has 0 amide bonds. The molecule has 0 atom stereocenters. The fourth-order valence-electron chi connectivity index (χ4n) is 1.76. The van der Waals surface area contributed by atoms with Gasteiger partial charge in [0.05, 0.1) is 10.7 Å². The van der Waals surface area contributed by atoms with Crippen molar-refractivity contribution in [1.29, 1.82) is 0 Å². The summed E-state index contributed by atoms with van der Waals surface area (Å²) in [6.45, 7) is 9.36. The summed E-state index contributed by atoms with van der Waals surface area (Å²) in [5.74, 6) is 0.903. The van der Waals surface area contributed by atoms with Crippen LogP contribution in [0.2, 0.25) is 0 Å². The SMILES string of the molecule is C=CCNc1nc(C)cn1CCc1nc(C)cs1. The first-order valence-electron chi connectivity index (χ1n) is 5.98. The fraction of sp³-hybridized carbons (Fsp3) is 0.385. The topological polar surface area (TPSA) is 42.7 Å². The van der Waals surface area contributed by atoms with Crippen LogP contribution in [0.5, 0.6) is 0 Å². The van der Waals surface area contributed by atoms with Gasteiger partial charge in [-0.25, -0.2) is 9.97 Å². The van der Waals surface area contributed by atoms with E-state index in [1.807, 2.05) is 19.9 Å². The van der Waals surface area contributed by atoms with E-state index >= 15 is 0 Å². The lowest BCUT2D eigenvalue weighted by Gasteiger charge is -2.07. The highest BCUT2D eigenvalue weighted by Crippen LogP contribution is 2.13. The second-order valence-electron chi connectivity index (χ2n) is 4.20. The molecule has 0 unspecified atom stereocenters. The molecule has 0 radical (unpaired) electrons. The first kappa shape index (κ1) is 12.8. The fourth-order valence-corrected chi connectivity index (χ4v) is 2.52. The highest BCUT2D eigenvalue weighted by atomic mass is 32.1. The second-order valence-corrected chi connectivity index (χ2v) is 5.14. The van der Waals surface area contributed by atoms with E-state index in [2.05, 4.69) is 38.0 Å². The number of imidazole rings is 1. The molecule has 0 saturated carbocycles. The Morgan fingerprint density at radius 2 is 2.22 bits per heavy atom. The van der Waals surface area contributed by atoms with Crippen molar-refractivity contribution in [2.45, 2.75) is 26.8 Å². The van der Waals surface area contributed by atoms with Gasteiger partial charge in [0.2, 0.25) is 5.95 Å². The smallest absolute Gasteiger partial charge is 0.203 e. The van der Waals surface area contributed by atoms with E-state index in [1.165, 1.54) is 5.01 Å². The summed E-state index contributed by atoms with van der Waals surface area (Å²) in [6, 6.07) is 0. The third-order valence-electron chi connectivity index (χ3n) is 2.53. The number of hydrogen-bond donors (Lipinski definition) is 1. The van der Waals surface area contributed by atoms with Crippen molar-refractivity contribution >= 4 is 17.3 Å². The summed E-state index contributed by atoms with van der Waals surface area (Å²) >= 11 is 1.72. The summed E-state index contributed by atoms with van der Waals surface area (Å²) in [5, 5.41) is 6.51. The number of nitrogens with zero attached hydrogens (tertiary/aromatic N) is 3. The van der Waals surface area contributed by atoms with Crippen LogP contribution < -0.4 is 5.32 Å². The van der Waals surface area contributed by atoms with Crippen LogP contribution in [0.25, 0.3) is 0 Å². The normalized spacial score (nSPS) is 10.6. The van der Waals surface area contributed by atoms with Crippen molar-refractivity contribution < 1.29 is 0 Å². The zero-order valence-electron chi connectivity index (χ0n) is 10.8. The van der Waals surface area contributed by atoms with E-state index < -0.39 is 0 Å². The summed E-state index contributed by atoms with van der Waals surface area (Å²) in [6.07, 6.45) is 4.83. The zero-order chi connectivity index (χ0) is 13.0. The number of anilines is 1. The van der Waals surface area contributed by atoms with Crippen LogP contribution in [0.1, 0.15) is 16.4 Å². The Labute approximate surface area is 111 Å². The van der Waals surface area contributed by atoms with Crippen LogP contribution in [0.3, 0.4) is 0 Å². The predicted octanol–water partition coefficient (Wildman–Crippen LogP) is 2.80. The molecule has 4 nitrogen and oxygen atoms in total. The molecule has 0 bridgehead atoms. The molecule has 2 rings (SSSR count). The van der Waals surface area contributed by atoms with E-state index in [-0.39, 0.29) is 0 Å². The Kier molecular flexibility index (Phi) is 4.15. The van der Waals surface area contributed by atoms with E-state index in [9.17, 15) is 0 Å². The molecule has 0 aromatic carbocycles. The first-order valence-corrected chi connectivity index (χ1v) is 6.86. The molecular formula is C13H18N4S. The van der Waals surface area contributed by atoms with Crippen molar-refractivity contribution in [1.82, 2.24) is 14.5 Å². The van der Waals surface area contributed by atoms with Crippen LogP contribution >= 0.6 is 11.3 Å². The van der Waals surface area contributed by atoms with Crippen molar-refractivity contribution in [3.05, 3.63) is 40.6 Å². The monoisotopic (exact) mass is 262 g/mol. The molecule has 2 heterocycles.